The second-order valence-electron chi connectivity index (χ2n) is 5.07. The molecule has 0 radical (unpaired) electrons. The molecule has 7 heteroatoms. The predicted molar refractivity (Wildman–Crippen MR) is 85.4 cm³/mol. The fourth-order valence-corrected chi connectivity index (χ4v) is 2.89. The van der Waals surface area contributed by atoms with Crippen LogP contribution in [-0.4, -0.2) is 61.5 Å². The van der Waals surface area contributed by atoms with E-state index in [9.17, 15) is 9.59 Å². The molecule has 0 atom stereocenters. The lowest BCUT2D eigenvalue weighted by Crippen LogP contribution is -2.50. The average molecular weight is 345 g/mol. The Morgan fingerprint density at radius 1 is 1.05 bits per heavy atom. The van der Waals surface area contributed by atoms with E-state index in [4.69, 9.17) is 27.9 Å². The van der Waals surface area contributed by atoms with Crippen LogP contribution in [0.25, 0.3) is 0 Å². The molecule has 0 aromatic heterocycles. The number of hydrogen-bond donors (Lipinski definition) is 0. The van der Waals surface area contributed by atoms with Crippen LogP contribution in [0.1, 0.15) is 16.8 Å². The minimum absolute atomic E-state index is 0.0553. The van der Waals surface area contributed by atoms with Crippen molar-refractivity contribution in [3.05, 3.63) is 33.8 Å². The maximum atomic E-state index is 12.4. The van der Waals surface area contributed by atoms with E-state index < -0.39 is 0 Å². The van der Waals surface area contributed by atoms with Crippen LogP contribution in [0.5, 0.6) is 0 Å². The number of hydrogen-bond acceptors (Lipinski definition) is 3. The molecular formula is C15H18Cl2N2O3. The molecule has 1 fully saturated rings. The van der Waals surface area contributed by atoms with Crippen LogP contribution >= 0.6 is 23.2 Å². The van der Waals surface area contributed by atoms with E-state index in [0.29, 0.717) is 54.8 Å². The van der Waals surface area contributed by atoms with Gasteiger partial charge in [-0.3, -0.25) is 9.59 Å². The van der Waals surface area contributed by atoms with Gasteiger partial charge in [-0.2, -0.15) is 0 Å². The smallest absolute Gasteiger partial charge is 0.254 e. The third kappa shape index (κ3) is 4.35. The summed E-state index contributed by atoms with van der Waals surface area (Å²) in [7, 11) is 1.57. The van der Waals surface area contributed by atoms with Crippen molar-refractivity contribution in [1.82, 2.24) is 9.80 Å². The van der Waals surface area contributed by atoms with Crippen LogP contribution in [-0.2, 0) is 9.53 Å². The Hall–Kier alpha value is -1.30. The maximum absolute atomic E-state index is 12.4. The molecular weight excluding hydrogens is 327 g/mol. The van der Waals surface area contributed by atoms with Crippen LogP contribution < -0.4 is 0 Å². The summed E-state index contributed by atoms with van der Waals surface area (Å²) in [6.07, 6.45) is 0.369. The van der Waals surface area contributed by atoms with Crippen molar-refractivity contribution in [2.45, 2.75) is 6.42 Å². The topological polar surface area (TPSA) is 49.9 Å². The summed E-state index contributed by atoms with van der Waals surface area (Å²) in [6.45, 7) is 2.48. The number of piperazine rings is 1. The molecule has 1 aromatic carbocycles. The molecule has 1 aliphatic rings. The quantitative estimate of drug-likeness (QED) is 0.842. The lowest BCUT2D eigenvalue weighted by molar-refractivity contribution is -0.133. The van der Waals surface area contributed by atoms with E-state index in [1.54, 1.807) is 35.1 Å². The average Bonchev–Trinajstić information content (AvgIpc) is 2.51. The number of amides is 2. The van der Waals surface area contributed by atoms with Gasteiger partial charge >= 0.3 is 0 Å². The van der Waals surface area contributed by atoms with Gasteiger partial charge in [0.15, 0.2) is 0 Å². The van der Waals surface area contributed by atoms with Crippen LogP contribution in [0.3, 0.4) is 0 Å². The minimum atomic E-state index is -0.117. The third-order valence-electron chi connectivity index (χ3n) is 3.55. The minimum Gasteiger partial charge on any atom is -0.384 e. The van der Waals surface area contributed by atoms with E-state index in [1.807, 2.05) is 0 Å². The molecule has 2 rings (SSSR count). The number of ether oxygens (including phenoxy) is 1. The Morgan fingerprint density at radius 3 is 2.14 bits per heavy atom. The van der Waals surface area contributed by atoms with Gasteiger partial charge in [0.05, 0.1) is 13.0 Å². The SMILES string of the molecule is COCCC(=O)N1CCN(C(=O)c2cc(Cl)cc(Cl)c2)CC1. The number of carbonyl (C=O) groups is 2. The summed E-state index contributed by atoms with van der Waals surface area (Å²) >= 11 is 11.9. The molecule has 0 N–H and O–H groups in total. The van der Waals surface area contributed by atoms with Crippen LogP contribution in [0.2, 0.25) is 10.0 Å². The highest BCUT2D eigenvalue weighted by atomic mass is 35.5. The highest BCUT2D eigenvalue weighted by molar-refractivity contribution is 6.35. The largest absolute Gasteiger partial charge is 0.384 e. The maximum Gasteiger partial charge on any atom is 0.254 e. The summed E-state index contributed by atoms with van der Waals surface area (Å²) in [5.74, 6) is -0.0619. The van der Waals surface area contributed by atoms with Crippen LogP contribution in [0, 0.1) is 0 Å². The van der Waals surface area contributed by atoms with Gasteiger partial charge in [-0.1, -0.05) is 23.2 Å². The number of methoxy groups -OCH3 is 1. The van der Waals surface area contributed by atoms with Gasteiger partial charge in [0.25, 0.3) is 5.91 Å². The predicted octanol–water partition coefficient (Wildman–Crippen LogP) is 2.31. The Morgan fingerprint density at radius 2 is 1.59 bits per heavy atom. The molecule has 2 amide bonds. The first-order chi connectivity index (χ1) is 10.5. The van der Waals surface area contributed by atoms with E-state index in [0.717, 1.165) is 0 Å². The van der Waals surface area contributed by atoms with Crippen molar-refractivity contribution >= 4 is 35.0 Å². The van der Waals surface area contributed by atoms with Crippen molar-refractivity contribution in [2.24, 2.45) is 0 Å². The van der Waals surface area contributed by atoms with Crippen molar-refractivity contribution in [3.63, 3.8) is 0 Å². The van der Waals surface area contributed by atoms with Gasteiger partial charge < -0.3 is 14.5 Å². The number of nitrogens with zero attached hydrogens (tertiary/aromatic N) is 2. The molecule has 0 unspecified atom stereocenters. The molecule has 5 nitrogen and oxygen atoms in total. The molecule has 1 aliphatic heterocycles. The monoisotopic (exact) mass is 344 g/mol. The Kier molecular flexibility index (Phi) is 6.06. The molecule has 1 heterocycles. The molecule has 0 spiro atoms. The standard InChI is InChI=1S/C15H18Cl2N2O3/c1-22-7-2-14(20)18-3-5-19(6-4-18)15(21)11-8-12(16)10-13(17)9-11/h8-10H,2-7H2,1H3. The highest BCUT2D eigenvalue weighted by Crippen LogP contribution is 2.20. The van der Waals surface area contributed by atoms with E-state index in [2.05, 4.69) is 0 Å². The first-order valence-corrected chi connectivity index (χ1v) is 7.79. The van der Waals surface area contributed by atoms with E-state index in [1.165, 1.54) is 0 Å². The number of rotatable bonds is 4. The normalized spacial score (nSPS) is 15.0. The fraction of sp³-hybridized carbons (Fsp3) is 0.467. The highest BCUT2D eigenvalue weighted by Gasteiger charge is 2.24. The van der Waals surface area contributed by atoms with Crippen molar-refractivity contribution in [1.29, 1.82) is 0 Å². The van der Waals surface area contributed by atoms with Gasteiger partial charge in [0.2, 0.25) is 5.91 Å². The lowest BCUT2D eigenvalue weighted by atomic mass is 10.1. The molecule has 1 saturated heterocycles. The van der Waals surface area contributed by atoms with Gasteiger partial charge in [-0.05, 0) is 18.2 Å². The molecule has 120 valence electrons. The Bertz CT molecular complexity index is 537. The van der Waals surface area contributed by atoms with Gasteiger partial charge in [-0.15, -0.1) is 0 Å². The summed E-state index contributed by atoms with van der Waals surface area (Å²) < 4.78 is 4.91. The Balaban J connectivity index is 1.93. The van der Waals surface area contributed by atoms with Crippen molar-refractivity contribution in [3.8, 4) is 0 Å². The summed E-state index contributed by atoms with van der Waals surface area (Å²) in [4.78, 5) is 27.8. The van der Waals surface area contributed by atoms with Gasteiger partial charge in [0, 0.05) is 48.9 Å². The summed E-state index contributed by atoms with van der Waals surface area (Å²) in [5, 5.41) is 0.869. The van der Waals surface area contributed by atoms with E-state index in [-0.39, 0.29) is 11.8 Å². The first-order valence-electron chi connectivity index (χ1n) is 7.03. The number of carbonyl (C=O) groups excluding carboxylic acids is 2. The third-order valence-corrected chi connectivity index (χ3v) is 3.99. The van der Waals surface area contributed by atoms with Crippen molar-refractivity contribution in [2.75, 3.05) is 39.9 Å². The van der Waals surface area contributed by atoms with Crippen LogP contribution in [0.15, 0.2) is 18.2 Å². The first kappa shape index (κ1) is 17.1. The number of benzene rings is 1. The zero-order valence-electron chi connectivity index (χ0n) is 12.3. The zero-order valence-corrected chi connectivity index (χ0v) is 13.9. The fourth-order valence-electron chi connectivity index (χ4n) is 2.37. The number of halogens is 2. The second kappa shape index (κ2) is 7.81. The van der Waals surface area contributed by atoms with Gasteiger partial charge in [-0.25, -0.2) is 0 Å². The Labute approximate surface area is 139 Å². The summed E-state index contributed by atoms with van der Waals surface area (Å²) in [5.41, 5.74) is 0.469. The second-order valence-corrected chi connectivity index (χ2v) is 5.95. The zero-order chi connectivity index (χ0) is 16.1. The van der Waals surface area contributed by atoms with Gasteiger partial charge in [0.1, 0.15) is 0 Å². The molecule has 1 aromatic rings. The molecule has 22 heavy (non-hydrogen) atoms. The molecule has 0 aliphatic carbocycles. The summed E-state index contributed by atoms with van der Waals surface area (Å²) in [6, 6.07) is 4.80. The van der Waals surface area contributed by atoms with E-state index >= 15 is 0 Å². The molecule has 0 saturated carbocycles. The van der Waals surface area contributed by atoms with Crippen molar-refractivity contribution < 1.29 is 14.3 Å². The molecule has 0 bridgehead atoms. The van der Waals surface area contributed by atoms with Crippen LogP contribution in [0.4, 0.5) is 0 Å². The lowest BCUT2D eigenvalue weighted by Gasteiger charge is -2.35.